The third kappa shape index (κ3) is 5.76. The van der Waals surface area contributed by atoms with Crippen molar-refractivity contribution in [2.75, 3.05) is 13.1 Å². The van der Waals surface area contributed by atoms with Crippen LogP contribution in [0.25, 0.3) is 0 Å². The molecule has 1 aliphatic heterocycles. The number of rotatable bonds is 8. The van der Waals surface area contributed by atoms with Crippen molar-refractivity contribution in [1.29, 1.82) is 0 Å². The van der Waals surface area contributed by atoms with Crippen molar-refractivity contribution in [2.24, 2.45) is 5.92 Å². The van der Waals surface area contributed by atoms with E-state index in [-0.39, 0.29) is 18.1 Å². The van der Waals surface area contributed by atoms with E-state index in [2.05, 4.69) is 38.1 Å². The highest BCUT2D eigenvalue weighted by molar-refractivity contribution is 5.96. The molecule has 2 aliphatic rings. The molecule has 1 saturated carbocycles. The molecule has 1 atom stereocenters. The lowest BCUT2D eigenvalue weighted by Gasteiger charge is -2.29. The van der Waals surface area contributed by atoms with E-state index in [0.717, 1.165) is 56.3 Å². The minimum atomic E-state index is -0.967. The lowest BCUT2D eigenvalue weighted by molar-refractivity contribution is -0.137. The van der Waals surface area contributed by atoms with E-state index < -0.39 is 5.97 Å². The predicted molar refractivity (Wildman–Crippen MR) is 129 cm³/mol. The predicted octanol–water partition coefficient (Wildman–Crippen LogP) is 5.29. The van der Waals surface area contributed by atoms with Gasteiger partial charge >= 0.3 is 5.97 Å². The lowest BCUT2D eigenvalue weighted by Crippen LogP contribution is -2.39. The molecule has 1 heterocycles. The number of hydrogen-bond acceptors (Lipinski definition) is 3. The molecule has 0 bridgehead atoms. The van der Waals surface area contributed by atoms with Crippen LogP contribution in [0.15, 0.2) is 42.5 Å². The van der Waals surface area contributed by atoms with Crippen LogP contribution < -0.4 is 4.74 Å². The summed E-state index contributed by atoms with van der Waals surface area (Å²) in [5.74, 6) is 0.0401. The van der Waals surface area contributed by atoms with E-state index in [9.17, 15) is 14.7 Å². The van der Waals surface area contributed by atoms with Crippen LogP contribution in [0.4, 0.5) is 0 Å². The molecule has 4 rings (SSSR count). The molecule has 5 heteroatoms. The first-order chi connectivity index (χ1) is 15.8. The van der Waals surface area contributed by atoms with E-state index in [1.807, 2.05) is 12.1 Å². The maximum Gasteiger partial charge on any atom is 0.323 e. The molecule has 33 heavy (non-hydrogen) atoms. The molecule has 0 spiro atoms. The molecule has 2 aromatic rings. The number of fused-ring (bicyclic) bond motifs is 1. The van der Waals surface area contributed by atoms with Crippen LogP contribution in [0.1, 0.15) is 73.0 Å². The Morgan fingerprint density at radius 3 is 2.42 bits per heavy atom. The maximum absolute atomic E-state index is 13.3. The van der Waals surface area contributed by atoms with E-state index in [0.29, 0.717) is 18.0 Å². The van der Waals surface area contributed by atoms with Crippen LogP contribution in [0.3, 0.4) is 0 Å². The Balaban J connectivity index is 1.47. The number of carbonyl (C=O) groups excluding carboxylic acids is 1. The number of carboxylic acids is 1. The van der Waals surface area contributed by atoms with Gasteiger partial charge < -0.3 is 14.7 Å². The summed E-state index contributed by atoms with van der Waals surface area (Å²) in [5.41, 5.74) is 3.76. The quantitative estimate of drug-likeness (QED) is 0.594. The minimum Gasteiger partial charge on any atom is -0.487 e. The normalized spacial score (nSPS) is 20.2. The number of ether oxygens (including phenoxy) is 1. The lowest BCUT2D eigenvalue weighted by atomic mass is 9.88. The molecule has 1 aliphatic carbocycles. The van der Waals surface area contributed by atoms with Crippen molar-refractivity contribution in [3.8, 4) is 5.75 Å². The Labute approximate surface area is 196 Å². The number of carboxylic acid groups (broad SMARTS) is 1. The van der Waals surface area contributed by atoms with Gasteiger partial charge in [-0.1, -0.05) is 50.5 Å². The minimum absolute atomic E-state index is 0.200. The van der Waals surface area contributed by atoms with Gasteiger partial charge in [-0.05, 0) is 67.0 Å². The molecular weight excluding hydrogens is 414 g/mol. The van der Waals surface area contributed by atoms with Crippen LogP contribution in [-0.2, 0) is 24.1 Å². The fourth-order valence-corrected chi connectivity index (χ4v) is 5.32. The van der Waals surface area contributed by atoms with E-state index >= 15 is 0 Å². The van der Waals surface area contributed by atoms with Gasteiger partial charge in [0.15, 0.2) is 0 Å². The standard InChI is InChI=1S/C28H35NO4/c1-3-20-9-11-21(12-10-20)16-28(2)17-24-15-23(13-14-25(24)33-28)27(32)29(19-26(30)31)18-22-7-5-4-6-8-22/h9-15,22H,3-8,16-19H2,1-2H3,(H,30,31)/t28-/m1/s1. The zero-order valence-corrected chi connectivity index (χ0v) is 19.8. The van der Waals surface area contributed by atoms with Crippen molar-refractivity contribution < 1.29 is 19.4 Å². The first kappa shape index (κ1) is 23.3. The van der Waals surface area contributed by atoms with Crippen LogP contribution in [0, 0.1) is 5.92 Å². The Morgan fingerprint density at radius 2 is 1.76 bits per heavy atom. The third-order valence-corrected chi connectivity index (χ3v) is 7.05. The van der Waals surface area contributed by atoms with Crippen molar-refractivity contribution in [1.82, 2.24) is 4.90 Å². The Bertz CT molecular complexity index is 993. The summed E-state index contributed by atoms with van der Waals surface area (Å²) in [6.07, 6.45) is 8.23. The summed E-state index contributed by atoms with van der Waals surface area (Å²) in [6.45, 7) is 4.53. The first-order valence-electron chi connectivity index (χ1n) is 12.3. The summed E-state index contributed by atoms with van der Waals surface area (Å²) in [4.78, 5) is 26.3. The molecule has 0 aromatic heterocycles. The fraction of sp³-hybridized carbons (Fsp3) is 0.500. The van der Waals surface area contributed by atoms with Gasteiger partial charge in [-0.3, -0.25) is 9.59 Å². The molecule has 0 radical (unpaired) electrons. The van der Waals surface area contributed by atoms with Gasteiger partial charge in [-0.15, -0.1) is 0 Å². The zero-order valence-electron chi connectivity index (χ0n) is 19.8. The molecule has 5 nitrogen and oxygen atoms in total. The van der Waals surface area contributed by atoms with Gasteiger partial charge in [0.2, 0.25) is 0 Å². The van der Waals surface area contributed by atoms with Crippen molar-refractivity contribution >= 4 is 11.9 Å². The van der Waals surface area contributed by atoms with Gasteiger partial charge in [0, 0.05) is 24.9 Å². The van der Waals surface area contributed by atoms with Crippen molar-refractivity contribution in [3.63, 3.8) is 0 Å². The molecule has 0 unspecified atom stereocenters. The van der Waals surface area contributed by atoms with Gasteiger partial charge in [-0.25, -0.2) is 0 Å². The largest absolute Gasteiger partial charge is 0.487 e. The number of aliphatic carboxylic acids is 1. The molecule has 1 N–H and O–H groups in total. The van der Waals surface area contributed by atoms with E-state index in [4.69, 9.17) is 4.74 Å². The fourth-order valence-electron chi connectivity index (χ4n) is 5.32. The van der Waals surface area contributed by atoms with Crippen LogP contribution >= 0.6 is 0 Å². The van der Waals surface area contributed by atoms with Crippen LogP contribution in [0.5, 0.6) is 5.75 Å². The van der Waals surface area contributed by atoms with Gasteiger partial charge in [0.25, 0.3) is 5.91 Å². The van der Waals surface area contributed by atoms with Crippen molar-refractivity contribution in [2.45, 2.75) is 70.8 Å². The second kappa shape index (κ2) is 9.98. The van der Waals surface area contributed by atoms with E-state index in [1.54, 1.807) is 6.07 Å². The SMILES string of the molecule is CCc1ccc(C[C@]2(C)Cc3cc(C(=O)N(CC(=O)O)CC4CCCCC4)ccc3O2)cc1. The summed E-state index contributed by atoms with van der Waals surface area (Å²) in [7, 11) is 0. The number of hydrogen-bond donors (Lipinski definition) is 1. The highest BCUT2D eigenvalue weighted by Crippen LogP contribution is 2.38. The number of amides is 1. The summed E-state index contributed by atoms with van der Waals surface area (Å²) < 4.78 is 6.32. The summed E-state index contributed by atoms with van der Waals surface area (Å²) >= 11 is 0. The second-order valence-electron chi connectivity index (χ2n) is 9.98. The van der Waals surface area contributed by atoms with Gasteiger partial charge in [0.05, 0.1) is 0 Å². The average molecular weight is 450 g/mol. The number of aryl methyl sites for hydroxylation is 1. The van der Waals surface area contributed by atoms with Gasteiger partial charge in [-0.2, -0.15) is 0 Å². The average Bonchev–Trinajstić information content (AvgIpc) is 3.14. The zero-order chi connectivity index (χ0) is 23.4. The van der Waals surface area contributed by atoms with Crippen molar-refractivity contribution in [3.05, 3.63) is 64.7 Å². The third-order valence-electron chi connectivity index (χ3n) is 7.05. The van der Waals surface area contributed by atoms with E-state index in [1.165, 1.54) is 22.4 Å². The summed E-state index contributed by atoms with van der Waals surface area (Å²) in [5, 5.41) is 9.39. The number of carbonyl (C=O) groups is 2. The topological polar surface area (TPSA) is 66.8 Å². The molecule has 1 amide bonds. The molecule has 176 valence electrons. The molecule has 0 saturated heterocycles. The monoisotopic (exact) mass is 449 g/mol. The number of benzene rings is 2. The smallest absolute Gasteiger partial charge is 0.323 e. The maximum atomic E-state index is 13.3. The highest BCUT2D eigenvalue weighted by Gasteiger charge is 2.36. The molecular formula is C28H35NO4. The van der Waals surface area contributed by atoms with Crippen LogP contribution in [0.2, 0.25) is 0 Å². The number of nitrogens with zero attached hydrogens (tertiary/aromatic N) is 1. The second-order valence-corrected chi connectivity index (χ2v) is 9.98. The Morgan fingerprint density at radius 1 is 1.06 bits per heavy atom. The Hall–Kier alpha value is -2.82. The molecule has 2 aromatic carbocycles. The summed E-state index contributed by atoms with van der Waals surface area (Å²) in [6, 6.07) is 14.2. The Kier molecular flexibility index (Phi) is 7.06. The first-order valence-corrected chi connectivity index (χ1v) is 12.3. The molecule has 1 fully saturated rings. The van der Waals surface area contributed by atoms with Gasteiger partial charge in [0.1, 0.15) is 17.9 Å². The van der Waals surface area contributed by atoms with Crippen LogP contribution in [-0.4, -0.2) is 40.6 Å². The highest BCUT2D eigenvalue weighted by atomic mass is 16.5.